The summed E-state index contributed by atoms with van der Waals surface area (Å²) in [5.41, 5.74) is 0. The van der Waals surface area contributed by atoms with Gasteiger partial charge in [-0.2, -0.15) is 0 Å². The van der Waals surface area contributed by atoms with Gasteiger partial charge in [0.15, 0.2) is 0 Å². The molecular formula is C14H22BrFN2O2S. The van der Waals surface area contributed by atoms with Crippen molar-refractivity contribution in [1.29, 1.82) is 0 Å². The number of likely N-dealkylation sites (N-methyl/N-ethyl adjacent to an activating group) is 1. The van der Waals surface area contributed by atoms with Crippen LogP contribution in [-0.2, 0) is 10.0 Å². The Balaban J connectivity index is 2.99. The predicted octanol–water partition coefficient (Wildman–Crippen LogP) is 2.84. The van der Waals surface area contributed by atoms with E-state index in [0.717, 1.165) is 18.6 Å². The second kappa shape index (κ2) is 7.67. The van der Waals surface area contributed by atoms with Gasteiger partial charge in [-0.15, -0.1) is 0 Å². The Morgan fingerprint density at radius 2 is 1.95 bits per heavy atom. The van der Waals surface area contributed by atoms with Gasteiger partial charge in [-0.25, -0.2) is 17.5 Å². The van der Waals surface area contributed by atoms with E-state index in [1.54, 1.807) is 0 Å². The minimum absolute atomic E-state index is 0.0522. The lowest BCUT2D eigenvalue weighted by Crippen LogP contribution is -2.42. The van der Waals surface area contributed by atoms with Gasteiger partial charge in [0.2, 0.25) is 10.0 Å². The van der Waals surface area contributed by atoms with Gasteiger partial charge in [0.25, 0.3) is 0 Å². The maximum absolute atomic E-state index is 13.1. The van der Waals surface area contributed by atoms with Gasteiger partial charge in [0.1, 0.15) is 5.82 Å². The van der Waals surface area contributed by atoms with Crippen LogP contribution in [0.15, 0.2) is 27.6 Å². The van der Waals surface area contributed by atoms with E-state index in [0.29, 0.717) is 12.5 Å². The van der Waals surface area contributed by atoms with E-state index in [1.807, 2.05) is 32.8 Å². The predicted molar refractivity (Wildman–Crippen MR) is 86.2 cm³/mol. The van der Waals surface area contributed by atoms with Crippen LogP contribution >= 0.6 is 15.9 Å². The molecule has 7 heteroatoms. The average Bonchev–Trinajstić information content (AvgIpc) is 2.24. The molecule has 1 unspecified atom stereocenters. The highest BCUT2D eigenvalue weighted by Gasteiger charge is 2.23. The van der Waals surface area contributed by atoms with Crippen LogP contribution in [0.3, 0.4) is 0 Å². The van der Waals surface area contributed by atoms with Crippen molar-refractivity contribution in [2.24, 2.45) is 5.92 Å². The highest BCUT2D eigenvalue weighted by atomic mass is 79.9. The number of nitrogens with one attached hydrogen (secondary N) is 1. The van der Waals surface area contributed by atoms with E-state index in [1.165, 1.54) is 6.07 Å². The fourth-order valence-electron chi connectivity index (χ4n) is 2.15. The van der Waals surface area contributed by atoms with Crippen molar-refractivity contribution >= 4 is 26.0 Å². The molecule has 0 aliphatic heterocycles. The quantitative estimate of drug-likeness (QED) is 0.790. The molecule has 0 aromatic heterocycles. The highest BCUT2D eigenvalue weighted by molar-refractivity contribution is 9.10. The van der Waals surface area contributed by atoms with Crippen LogP contribution in [0.5, 0.6) is 0 Å². The molecule has 1 N–H and O–H groups in total. The monoisotopic (exact) mass is 380 g/mol. The summed E-state index contributed by atoms with van der Waals surface area (Å²) in [5, 5.41) is 0. The fraction of sp³-hybridized carbons (Fsp3) is 0.571. The molecule has 1 aromatic rings. The lowest BCUT2D eigenvalue weighted by Gasteiger charge is -2.24. The molecule has 1 aromatic carbocycles. The van der Waals surface area contributed by atoms with E-state index in [9.17, 15) is 12.8 Å². The molecule has 4 nitrogen and oxygen atoms in total. The van der Waals surface area contributed by atoms with Gasteiger partial charge in [-0.05, 0) is 60.6 Å². The second-order valence-corrected chi connectivity index (χ2v) is 8.32. The Bertz CT molecular complexity index is 566. The SMILES string of the molecule is CC(C)CC(CN(C)C)NS(=O)(=O)c1ccc(F)cc1Br. The summed E-state index contributed by atoms with van der Waals surface area (Å²) in [6, 6.07) is 3.37. The second-order valence-electron chi connectivity index (χ2n) is 5.78. The maximum Gasteiger partial charge on any atom is 0.241 e. The first kappa shape index (κ1) is 18.5. The molecule has 0 radical (unpaired) electrons. The van der Waals surface area contributed by atoms with Gasteiger partial charge in [-0.3, -0.25) is 0 Å². The number of halogens is 2. The number of hydrogen-bond acceptors (Lipinski definition) is 3. The van der Waals surface area contributed by atoms with E-state index < -0.39 is 15.8 Å². The number of hydrogen-bond donors (Lipinski definition) is 1. The van der Waals surface area contributed by atoms with Crippen LogP contribution in [0.25, 0.3) is 0 Å². The standard InChI is InChI=1S/C14H22BrFN2O2S/c1-10(2)7-12(9-18(3)4)17-21(19,20)14-6-5-11(16)8-13(14)15/h5-6,8,10,12,17H,7,9H2,1-4H3. The summed E-state index contributed by atoms with van der Waals surface area (Å²) < 4.78 is 40.9. The number of benzene rings is 1. The topological polar surface area (TPSA) is 49.4 Å². The lowest BCUT2D eigenvalue weighted by atomic mass is 10.0. The van der Waals surface area contributed by atoms with Crippen LogP contribution in [0.4, 0.5) is 4.39 Å². The zero-order valence-corrected chi connectivity index (χ0v) is 15.1. The van der Waals surface area contributed by atoms with Crippen LogP contribution < -0.4 is 4.72 Å². The Morgan fingerprint density at radius 3 is 2.43 bits per heavy atom. The normalized spacial score (nSPS) is 13.9. The maximum atomic E-state index is 13.1. The van der Waals surface area contributed by atoms with Crippen molar-refractivity contribution in [3.05, 3.63) is 28.5 Å². The minimum Gasteiger partial charge on any atom is -0.308 e. The van der Waals surface area contributed by atoms with Gasteiger partial charge >= 0.3 is 0 Å². The summed E-state index contributed by atoms with van der Waals surface area (Å²) in [6.45, 7) is 4.70. The highest BCUT2D eigenvalue weighted by Crippen LogP contribution is 2.23. The van der Waals surface area contributed by atoms with E-state index in [2.05, 4.69) is 20.7 Å². The largest absolute Gasteiger partial charge is 0.308 e. The molecule has 1 rings (SSSR count). The van der Waals surface area contributed by atoms with Gasteiger partial charge in [0, 0.05) is 17.1 Å². The van der Waals surface area contributed by atoms with Crippen molar-refractivity contribution in [1.82, 2.24) is 9.62 Å². The Kier molecular flexibility index (Phi) is 6.77. The molecule has 0 amide bonds. The molecule has 0 saturated heterocycles. The summed E-state index contributed by atoms with van der Waals surface area (Å²) in [5.74, 6) is -0.109. The molecule has 0 fully saturated rings. The molecule has 0 heterocycles. The van der Waals surface area contributed by atoms with Crippen molar-refractivity contribution in [2.45, 2.75) is 31.2 Å². The summed E-state index contributed by atoms with van der Waals surface area (Å²) in [6.07, 6.45) is 0.732. The number of sulfonamides is 1. The third-order valence-electron chi connectivity index (χ3n) is 2.85. The molecule has 0 bridgehead atoms. The van der Waals surface area contributed by atoms with Gasteiger partial charge in [-0.1, -0.05) is 13.8 Å². The van der Waals surface area contributed by atoms with Gasteiger partial charge < -0.3 is 4.90 Å². The Hall–Kier alpha value is -0.500. The number of nitrogens with zero attached hydrogens (tertiary/aromatic N) is 1. The fourth-order valence-corrected chi connectivity index (χ4v) is 4.44. The van der Waals surface area contributed by atoms with Crippen molar-refractivity contribution in [3.8, 4) is 0 Å². The van der Waals surface area contributed by atoms with Gasteiger partial charge in [0.05, 0.1) is 4.90 Å². The molecule has 0 saturated carbocycles. The summed E-state index contributed by atoms with van der Waals surface area (Å²) in [4.78, 5) is 1.99. The Labute approximate surface area is 134 Å². The molecular weight excluding hydrogens is 359 g/mol. The first-order chi connectivity index (χ1) is 9.61. The van der Waals surface area contributed by atoms with Crippen LogP contribution in [0, 0.1) is 11.7 Å². The van der Waals surface area contributed by atoms with Crippen molar-refractivity contribution in [2.75, 3.05) is 20.6 Å². The molecule has 1 atom stereocenters. The number of rotatable bonds is 7. The molecule has 0 aliphatic carbocycles. The first-order valence-corrected chi connectivity index (χ1v) is 9.01. The van der Waals surface area contributed by atoms with E-state index in [-0.39, 0.29) is 15.4 Å². The third kappa shape index (κ3) is 6.02. The lowest BCUT2D eigenvalue weighted by molar-refractivity contribution is 0.329. The van der Waals surface area contributed by atoms with Crippen molar-refractivity contribution < 1.29 is 12.8 Å². The first-order valence-electron chi connectivity index (χ1n) is 6.74. The summed E-state index contributed by atoms with van der Waals surface area (Å²) >= 11 is 3.10. The zero-order valence-electron chi connectivity index (χ0n) is 12.7. The Morgan fingerprint density at radius 1 is 1.33 bits per heavy atom. The molecule has 0 aliphatic rings. The van der Waals surface area contributed by atoms with Crippen molar-refractivity contribution in [3.63, 3.8) is 0 Å². The van der Waals surface area contributed by atoms with Crippen LogP contribution in [0.2, 0.25) is 0 Å². The summed E-state index contributed by atoms with van der Waals surface area (Å²) in [7, 11) is 0.108. The van der Waals surface area contributed by atoms with Crippen LogP contribution in [-0.4, -0.2) is 40.0 Å². The van der Waals surface area contributed by atoms with Crippen LogP contribution in [0.1, 0.15) is 20.3 Å². The zero-order chi connectivity index (χ0) is 16.2. The minimum atomic E-state index is -3.69. The molecule has 120 valence electrons. The van der Waals surface area contributed by atoms with E-state index in [4.69, 9.17) is 0 Å². The van der Waals surface area contributed by atoms with E-state index >= 15 is 0 Å². The molecule has 21 heavy (non-hydrogen) atoms. The third-order valence-corrected chi connectivity index (χ3v) is 5.34. The smallest absolute Gasteiger partial charge is 0.241 e. The average molecular weight is 381 g/mol. The molecule has 0 spiro atoms.